The summed E-state index contributed by atoms with van der Waals surface area (Å²) in [4.78, 5) is 48.7. The number of alkyl carbamates (subject to hydrolysis) is 1. The number of aliphatic imine (C=N–C) groups is 1. The van der Waals surface area contributed by atoms with Gasteiger partial charge in [0, 0.05) is 60.6 Å². The third-order valence-corrected chi connectivity index (χ3v) is 9.77. The van der Waals surface area contributed by atoms with Gasteiger partial charge in [0.05, 0.1) is 30.3 Å². The van der Waals surface area contributed by atoms with Crippen LogP contribution in [-0.4, -0.2) is 101 Å². The van der Waals surface area contributed by atoms with Crippen LogP contribution in [0.3, 0.4) is 0 Å². The summed E-state index contributed by atoms with van der Waals surface area (Å²) in [7, 11) is 2.75. The lowest BCUT2D eigenvalue weighted by atomic mass is 9.84. The number of nitrogens with one attached hydrogen (secondary N) is 2. The number of carbonyl (C=O) groups is 3. The Bertz CT molecular complexity index is 2070. The molecule has 3 aromatic rings. The molecule has 59 heavy (non-hydrogen) atoms. The molecule has 0 spiro atoms. The summed E-state index contributed by atoms with van der Waals surface area (Å²) in [5, 5.41) is 14.9. The number of rotatable bonds is 15. The molecule has 3 heterocycles. The van der Waals surface area contributed by atoms with Gasteiger partial charge in [0.2, 0.25) is 0 Å². The summed E-state index contributed by atoms with van der Waals surface area (Å²) >= 11 is 0. The van der Waals surface area contributed by atoms with Gasteiger partial charge in [0.15, 0.2) is 0 Å². The Morgan fingerprint density at radius 3 is 2.44 bits per heavy atom. The number of aliphatic hydroxyl groups is 1. The Kier molecular flexibility index (Phi) is 15.3. The van der Waals surface area contributed by atoms with E-state index in [0.717, 1.165) is 0 Å². The minimum absolute atomic E-state index is 0.0663. The summed E-state index contributed by atoms with van der Waals surface area (Å²) in [6.45, 7) is 14.9. The Labute approximate surface area is 343 Å². The highest BCUT2D eigenvalue weighted by Crippen LogP contribution is 2.41. The van der Waals surface area contributed by atoms with Crippen molar-refractivity contribution in [2.45, 2.75) is 111 Å². The molecule has 2 amide bonds. The number of ether oxygens (including phenoxy) is 3. The molecule has 3 atom stereocenters. The predicted octanol–water partition coefficient (Wildman–Crippen LogP) is 6.95. The minimum atomic E-state index is -4.60. The molecule has 4 rings (SSSR count). The number of pyridine rings is 1. The van der Waals surface area contributed by atoms with Crippen molar-refractivity contribution >= 4 is 40.7 Å². The number of nitrogens with zero attached hydrogens (tertiary/aromatic N) is 4. The second-order valence-corrected chi connectivity index (χ2v) is 16.3. The van der Waals surface area contributed by atoms with Gasteiger partial charge < -0.3 is 29.2 Å². The molecule has 1 fully saturated rings. The van der Waals surface area contributed by atoms with Crippen LogP contribution in [0.2, 0.25) is 0 Å². The summed E-state index contributed by atoms with van der Waals surface area (Å²) in [5.41, 5.74) is 4.62. The first-order valence-electron chi connectivity index (χ1n) is 19.5. The molecule has 13 nitrogen and oxygen atoms in total. The second-order valence-electron chi connectivity index (χ2n) is 16.3. The highest BCUT2D eigenvalue weighted by molar-refractivity contribution is 5.95. The molecule has 1 saturated heterocycles. The maximum Gasteiger partial charge on any atom is 0.408 e. The zero-order valence-corrected chi connectivity index (χ0v) is 35.3. The smallest absolute Gasteiger partial charge is 0.408 e. The Morgan fingerprint density at radius 2 is 1.85 bits per heavy atom. The fraction of sp³-hybridized carbons (Fsp3) is 0.512. The maximum atomic E-state index is 14.5. The lowest BCUT2D eigenvalue weighted by molar-refractivity contribution is -0.150. The van der Waals surface area contributed by atoms with Crippen LogP contribution in [0.25, 0.3) is 27.7 Å². The zero-order valence-electron chi connectivity index (χ0n) is 35.3. The molecule has 0 aliphatic carbocycles. The predicted molar refractivity (Wildman–Crippen MR) is 220 cm³/mol. The normalized spacial score (nSPS) is 16.8. The van der Waals surface area contributed by atoms with Gasteiger partial charge in [-0.25, -0.2) is 10.2 Å². The molecule has 3 N–H and O–H groups in total. The van der Waals surface area contributed by atoms with E-state index in [4.69, 9.17) is 19.2 Å². The van der Waals surface area contributed by atoms with Crippen molar-refractivity contribution in [3.05, 3.63) is 71.7 Å². The maximum absolute atomic E-state index is 14.5. The molecular weight excluding hydrogens is 770 g/mol. The van der Waals surface area contributed by atoms with Crippen LogP contribution in [0, 0.1) is 5.41 Å². The number of aliphatic hydroxyl groups excluding tert-OH is 1. The van der Waals surface area contributed by atoms with Crippen LogP contribution >= 0.6 is 0 Å². The van der Waals surface area contributed by atoms with E-state index in [2.05, 4.69) is 22.3 Å². The fourth-order valence-electron chi connectivity index (χ4n) is 6.97. The molecule has 0 bridgehead atoms. The van der Waals surface area contributed by atoms with Gasteiger partial charge in [-0.3, -0.25) is 24.6 Å². The zero-order chi connectivity index (χ0) is 43.9. The molecule has 0 radical (unpaired) electrons. The van der Waals surface area contributed by atoms with Gasteiger partial charge >= 0.3 is 18.2 Å². The van der Waals surface area contributed by atoms with E-state index >= 15 is 0 Å². The van der Waals surface area contributed by atoms with Crippen molar-refractivity contribution < 1.29 is 46.9 Å². The molecule has 16 heteroatoms. The average Bonchev–Trinajstić information content (AvgIpc) is 3.45. The van der Waals surface area contributed by atoms with Crippen LogP contribution in [0.15, 0.2) is 59.7 Å². The summed E-state index contributed by atoms with van der Waals surface area (Å²) in [6.07, 6.45) is -1.89. The second kappa shape index (κ2) is 19.3. The average molecular weight is 827 g/mol. The van der Waals surface area contributed by atoms with Crippen LogP contribution in [0.5, 0.6) is 0 Å². The van der Waals surface area contributed by atoms with Crippen molar-refractivity contribution in [2.75, 3.05) is 27.4 Å². The molecule has 2 aromatic heterocycles. The number of methoxy groups -OCH3 is 2. The molecular formula is C43H57F3N6O7. The molecule has 1 aromatic carbocycles. The van der Waals surface area contributed by atoms with Crippen LogP contribution in [0.4, 0.5) is 18.0 Å². The van der Waals surface area contributed by atoms with Crippen molar-refractivity contribution in [3.8, 4) is 11.3 Å². The van der Waals surface area contributed by atoms with Crippen molar-refractivity contribution in [2.24, 2.45) is 10.4 Å². The monoisotopic (exact) mass is 826 g/mol. The lowest BCUT2D eigenvalue weighted by Crippen LogP contribution is -2.60. The van der Waals surface area contributed by atoms with Gasteiger partial charge in [0.1, 0.15) is 24.2 Å². The molecule has 0 saturated carbocycles. The van der Waals surface area contributed by atoms with E-state index in [1.807, 2.05) is 13.8 Å². The topological polar surface area (TPSA) is 157 Å². The fourth-order valence-corrected chi connectivity index (χ4v) is 6.97. The number of esters is 1. The van der Waals surface area contributed by atoms with Crippen molar-refractivity contribution in [3.63, 3.8) is 0 Å². The van der Waals surface area contributed by atoms with Crippen LogP contribution in [-0.2, 0) is 43.2 Å². The summed E-state index contributed by atoms with van der Waals surface area (Å²) in [5.74, 6) is -1.04. The third-order valence-electron chi connectivity index (χ3n) is 9.77. The Hall–Kier alpha value is -5.06. The first-order chi connectivity index (χ1) is 27.6. The number of allylic oxidation sites excluding steroid dienone is 2. The van der Waals surface area contributed by atoms with Gasteiger partial charge in [-0.05, 0) is 89.1 Å². The number of carbonyl (C=O) groups excluding carboxylic acids is 3. The standard InChI is InChI=1S/C43H57F3N6O7/c1-11-29(36(47-12-2)26(3)57-9)37-31(23-42(7,8)25-53)30-21-27(18-19-35(30)51(37)24-43(44,45)46)32-16-13-15-28(48-32)22-34(49-40(56)59-41(4,5)6)38(54)52-20-14-17-33(50-52)39(55)58-10/h11-13,15-16,18-19,21,26,33-34,50,53H,1,14,17,20,22-25H2,2-10H3,(H,49,56)/b36-29+,47-12-/t26-,33?,34-/m0/s1. The van der Waals surface area contributed by atoms with E-state index in [0.29, 0.717) is 57.5 Å². The number of aromatic nitrogens is 2. The number of hydrogen-bond acceptors (Lipinski definition) is 10. The SMILES string of the molecule is C=C/C(=C(\N=C/C)[C@H](C)OC)c1c(CC(C)(C)CO)c2cc(-c3cccc(C[C@H](NC(=O)OC(C)(C)C)C(=O)N4CCCC(C(=O)OC)N4)n3)ccc2n1CC(F)(F)F. The Balaban J connectivity index is 1.89. The minimum Gasteiger partial charge on any atom is -0.468 e. The highest BCUT2D eigenvalue weighted by atomic mass is 19.4. The van der Waals surface area contributed by atoms with Gasteiger partial charge in [-0.15, -0.1) is 0 Å². The van der Waals surface area contributed by atoms with E-state index < -0.39 is 59.9 Å². The van der Waals surface area contributed by atoms with E-state index in [1.165, 1.54) is 29.9 Å². The van der Waals surface area contributed by atoms with Gasteiger partial charge in [-0.1, -0.05) is 38.6 Å². The van der Waals surface area contributed by atoms with E-state index in [1.54, 1.807) is 77.2 Å². The molecule has 1 aliphatic rings. The van der Waals surface area contributed by atoms with Gasteiger partial charge in [0.25, 0.3) is 5.91 Å². The lowest BCUT2D eigenvalue weighted by Gasteiger charge is -2.35. The number of hydrazine groups is 1. The Morgan fingerprint density at radius 1 is 1.14 bits per heavy atom. The number of benzene rings is 1. The number of fused-ring (bicyclic) bond motifs is 1. The van der Waals surface area contributed by atoms with E-state index in [9.17, 15) is 32.7 Å². The highest BCUT2D eigenvalue weighted by Gasteiger charge is 2.36. The third kappa shape index (κ3) is 12.0. The number of halogens is 3. The first-order valence-corrected chi connectivity index (χ1v) is 19.5. The van der Waals surface area contributed by atoms with Gasteiger partial charge in [-0.2, -0.15) is 13.2 Å². The largest absolute Gasteiger partial charge is 0.468 e. The summed E-state index contributed by atoms with van der Waals surface area (Å²) < 4.78 is 60.5. The van der Waals surface area contributed by atoms with E-state index in [-0.39, 0.29) is 31.7 Å². The van der Waals surface area contributed by atoms with Crippen LogP contribution < -0.4 is 10.7 Å². The first kappa shape index (κ1) is 46.6. The quantitative estimate of drug-likeness (QED) is 0.0838. The summed E-state index contributed by atoms with van der Waals surface area (Å²) in [6, 6.07) is 8.33. The molecule has 322 valence electrons. The number of alkyl halides is 3. The van der Waals surface area contributed by atoms with Crippen molar-refractivity contribution in [1.82, 2.24) is 25.3 Å². The molecule has 1 unspecified atom stereocenters. The van der Waals surface area contributed by atoms with Crippen molar-refractivity contribution in [1.29, 1.82) is 0 Å². The molecule has 1 aliphatic heterocycles. The van der Waals surface area contributed by atoms with Crippen LogP contribution in [0.1, 0.15) is 78.3 Å². The number of hydrogen-bond donors (Lipinski definition) is 3. The number of amides is 2.